The Bertz CT molecular complexity index is 1470. The van der Waals surface area contributed by atoms with Gasteiger partial charge in [-0.1, -0.05) is 60.7 Å². The number of hydrogen-bond acceptors (Lipinski definition) is 6. The number of carboxylic acids is 1. The molecule has 1 heterocycles. The number of carboxylic acid groups (broad SMARTS) is 1. The van der Waals surface area contributed by atoms with Crippen LogP contribution < -0.4 is 5.32 Å². The van der Waals surface area contributed by atoms with Gasteiger partial charge in [0.15, 0.2) is 0 Å². The molecule has 4 rings (SSSR count). The molecule has 0 unspecified atom stereocenters. The number of aliphatic carboxylic acids is 1. The van der Waals surface area contributed by atoms with Crippen LogP contribution >= 0.6 is 11.8 Å². The minimum atomic E-state index is -1.05. The lowest BCUT2D eigenvalue weighted by Gasteiger charge is -2.19. The molecule has 3 aromatic carbocycles. The number of carbonyl (C=O) groups is 2. The minimum Gasteiger partial charge on any atom is -0.480 e. The molecule has 0 aliphatic carbocycles. The van der Waals surface area contributed by atoms with E-state index >= 15 is 0 Å². The molecule has 220 valence electrons. The van der Waals surface area contributed by atoms with Crippen molar-refractivity contribution in [1.82, 2.24) is 5.32 Å². The summed E-state index contributed by atoms with van der Waals surface area (Å²) < 4.78 is 18.2. The molecule has 0 aliphatic rings. The van der Waals surface area contributed by atoms with Crippen molar-refractivity contribution < 1.29 is 28.6 Å². The van der Waals surface area contributed by atoms with E-state index < -0.39 is 24.0 Å². The van der Waals surface area contributed by atoms with Crippen LogP contribution in [-0.4, -0.2) is 48.2 Å². The van der Waals surface area contributed by atoms with Crippen molar-refractivity contribution in [2.75, 3.05) is 25.2 Å². The molecule has 0 fully saturated rings. The summed E-state index contributed by atoms with van der Waals surface area (Å²) in [5.74, 6) is 0.581. The summed E-state index contributed by atoms with van der Waals surface area (Å²) in [5, 5.41) is 12.4. The van der Waals surface area contributed by atoms with Crippen LogP contribution in [0.1, 0.15) is 46.7 Å². The van der Waals surface area contributed by atoms with Gasteiger partial charge in [-0.25, -0.2) is 4.79 Å². The highest BCUT2D eigenvalue weighted by Gasteiger charge is 2.23. The van der Waals surface area contributed by atoms with E-state index in [-0.39, 0.29) is 6.61 Å². The van der Waals surface area contributed by atoms with E-state index in [4.69, 9.17) is 13.9 Å². The molecule has 2 atom stereocenters. The van der Waals surface area contributed by atoms with Gasteiger partial charge in [0.1, 0.15) is 23.7 Å². The summed E-state index contributed by atoms with van der Waals surface area (Å²) in [6.07, 6.45) is 1.82. The number of benzene rings is 3. The number of aryl methyl sites for hydroxylation is 1. The molecule has 0 aliphatic heterocycles. The lowest BCUT2D eigenvalue weighted by molar-refractivity contribution is -0.139. The fraction of sp³-hybridized carbons (Fsp3) is 0.294. The molecule has 7 nitrogen and oxygen atoms in total. The second-order valence-corrected chi connectivity index (χ2v) is 10.9. The Hall–Kier alpha value is -3.85. The number of amides is 1. The van der Waals surface area contributed by atoms with Crippen LogP contribution in [-0.2, 0) is 20.9 Å². The maximum absolute atomic E-state index is 13.4. The van der Waals surface area contributed by atoms with Crippen molar-refractivity contribution >= 4 is 23.6 Å². The van der Waals surface area contributed by atoms with E-state index in [1.807, 2.05) is 99.0 Å². The second kappa shape index (κ2) is 15.4. The number of rotatable bonds is 15. The highest BCUT2D eigenvalue weighted by Crippen LogP contribution is 2.31. The van der Waals surface area contributed by atoms with E-state index in [0.29, 0.717) is 42.3 Å². The van der Waals surface area contributed by atoms with Gasteiger partial charge >= 0.3 is 5.97 Å². The standard InChI is InChI=1S/C34H37NO6S/c1-4-39-22-32(31-17-16-30(41-31)25-11-6-5-7-12-25)40-21-24-14-15-27(28(20-24)26-13-9-8-10-23(26)2)33(36)35-29(34(37)38)18-19-42-3/h5-17,20,29,32H,4,18-19,21-22H2,1-3H3,(H,35,36)(H,37,38)/t29-,32-/m0/s1. The fourth-order valence-electron chi connectivity index (χ4n) is 4.62. The zero-order valence-corrected chi connectivity index (χ0v) is 25.0. The van der Waals surface area contributed by atoms with Gasteiger partial charge in [0, 0.05) is 17.7 Å². The number of nitrogens with one attached hydrogen (secondary N) is 1. The molecule has 2 N–H and O–H groups in total. The topological polar surface area (TPSA) is 98.0 Å². The lowest BCUT2D eigenvalue weighted by atomic mass is 9.93. The molecule has 1 amide bonds. The van der Waals surface area contributed by atoms with Gasteiger partial charge in [-0.3, -0.25) is 4.79 Å². The average Bonchev–Trinajstić information content (AvgIpc) is 3.50. The Balaban J connectivity index is 1.59. The molecule has 1 aromatic heterocycles. The van der Waals surface area contributed by atoms with Crippen LogP contribution in [0.5, 0.6) is 0 Å². The van der Waals surface area contributed by atoms with Crippen molar-refractivity contribution in [2.24, 2.45) is 0 Å². The number of hydrogen-bond donors (Lipinski definition) is 2. The summed E-state index contributed by atoms with van der Waals surface area (Å²) in [7, 11) is 0. The van der Waals surface area contributed by atoms with Crippen LogP contribution in [0.25, 0.3) is 22.5 Å². The molecule has 0 saturated carbocycles. The van der Waals surface area contributed by atoms with E-state index in [2.05, 4.69) is 5.32 Å². The highest BCUT2D eigenvalue weighted by molar-refractivity contribution is 7.98. The normalized spacial score (nSPS) is 12.5. The third-order valence-corrected chi connectivity index (χ3v) is 7.55. The monoisotopic (exact) mass is 587 g/mol. The largest absolute Gasteiger partial charge is 0.480 e. The molecule has 4 aromatic rings. The zero-order valence-electron chi connectivity index (χ0n) is 24.2. The van der Waals surface area contributed by atoms with Gasteiger partial charge in [-0.05, 0) is 78.8 Å². The Kier molecular flexibility index (Phi) is 11.4. The SMILES string of the molecule is CCOC[C@H](OCc1ccc(C(=O)N[C@@H](CCSC)C(=O)O)c(-c2ccccc2C)c1)c1ccc(-c2ccccc2)o1. The molecule has 8 heteroatoms. The second-order valence-electron chi connectivity index (χ2n) is 9.87. The first-order valence-electron chi connectivity index (χ1n) is 14.0. The third-order valence-electron chi connectivity index (χ3n) is 6.90. The maximum Gasteiger partial charge on any atom is 0.326 e. The van der Waals surface area contributed by atoms with Gasteiger partial charge in [0.05, 0.1) is 13.2 Å². The minimum absolute atomic E-state index is 0.255. The summed E-state index contributed by atoms with van der Waals surface area (Å²) in [5.41, 5.74) is 4.86. The van der Waals surface area contributed by atoms with E-state index in [9.17, 15) is 14.7 Å². The van der Waals surface area contributed by atoms with Crippen LogP contribution in [0.4, 0.5) is 0 Å². The molecule has 0 spiro atoms. The Morgan fingerprint density at radius 3 is 2.45 bits per heavy atom. The Morgan fingerprint density at radius 1 is 0.976 bits per heavy atom. The number of carbonyl (C=O) groups excluding carboxylic acids is 1. The van der Waals surface area contributed by atoms with Gasteiger partial charge < -0.3 is 24.3 Å². The zero-order chi connectivity index (χ0) is 29.9. The fourth-order valence-corrected chi connectivity index (χ4v) is 5.10. The highest BCUT2D eigenvalue weighted by atomic mass is 32.2. The first kappa shape index (κ1) is 31.1. The van der Waals surface area contributed by atoms with Crippen LogP contribution in [0.15, 0.2) is 89.3 Å². The van der Waals surface area contributed by atoms with Gasteiger partial charge in [0.25, 0.3) is 5.91 Å². The van der Waals surface area contributed by atoms with Crippen molar-refractivity contribution in [3.63, 3.8) is 0 Å². The van der Waals surface area contributed by atoms with Gasteiger partial charge in [0.2, 0.25) is 0 Å². The number of thioether (sulfide) groups is 1. The summed E-state index contributed by atoms with van der Waals surface area (Å²) in [6.45, 7) is 5.05. The van der Waals surface area contributed by atoms with E-state index in [1.165, 1.54) is 0 Å². The first-order chi connectivity index (χ1) is 20.4. The number of furan rings is 1. The molecular weight excluding hydrogens is 550 g/mol. The van der Waals surface area contributed by atoms with Crippen molar-refractivity contribution in [1.29, 1.82) is 0 Å². The maximum atomic E-state index is 13.4. The average molecular weight is 588 g/mol. The summed E-state index contributed by atoms with van der Waals surface area (Å²) >= 11 is 1.54. The Morgan fingerprint density at radius 2 is 1.74 bits per heavy atom. The van der Waals surface area contributed by atoms with Crippen molar-refractivity contribution in [2.45, 2.75) is 39.0 Å². The summed E-state index contributed by atoms with van der Waals surface area (Å²) in [6, 6.07) is 26.1. The van der Waals surface area contributed by atoms with E-state index in [1.54, 1.807) is 17.8 Å². The molecule has 0 saturated heterocycles. The lowest BCUT2D eigenvalue weighted by Crippen LogP contribution is -2.41. The van der Waals surface area contributed by atoms with Crippen LogP contribution in [0, 0.1) is 6.92 Å². The van der Waals surface area contributed by atoms with Gasteiger partial charge in [-0.15, -0.1) is 0 Å². The van der Waals surface area contributed by atoms with Crippen molar-refractivity contribution in [3.05, 3.63) is 107 Å². The van der Waals surface area contributed by atoms with Crippen LogP contribution in [0.2, 0.25) is 0 Å². The molecule has 0 bridgehead atoms. The molecular formula is C34H37NO6S. The first-order valence-corrected chi connectivity index (χ1v) is 15.4. The predicted octanol–water partition coefficient (Wildman–Crippen LogP) is 7.15. The van der Waals surface area contributed by atoms with Crippen LogP contribution in [0.3, 0.4) is 0 Å². The third kappa shape index (κ3) is 8.12. The Labute approximate surface area is 251 Å². The quantitative estimate of drug-likeness (QED) is 0.152. The number of ether oxygens (including phenoxy) is 2. The summed E-state index contributed by atoms with van der Waals surface area (Å²) in [4.78, 5) is 25.2. The molecule has 0 radical (unpaired) electrons. The van der Waals surface area contributed by atoms with Gasteiger partial charge in [-0.2, -0.15) is 11.8 Å². The smallest absolute Gasteiger partial charge is 0.326 e. The molecule has 42 heavy (non-hydrogen) atoms. The van der Waals surface area contributed by atoms with E-state index in [0.717, 1.165) is 28.0 Å². The predicted molar refractivity (Wildman–Crippen MR) is 167 cm³/mol. The van der Waals surface area contributed by atoms with Crippen molar-refractivity contribution in [3.8, 4) is 22.5 Å².